The molecule has 0 spiro atoms. The van der Waals surface area contributed by atoms with Crippen LogP contribution in [0.5, 0.6) is 0 Å². The maximum Gasteiger partial charge on any atom is 0.183 e. The molecule has 2 unspecified atom stereocenters. The number of ether oxygens (including phenoxy) is 1. The minimum Gasteiger partial charge on any atom is -0.364 e. The molecule has 0 saturated carbocycles. The number of aliphatic hydroxyl groups excluding tert-OH is 1. The van der Waals surface area contributed by atoms with E-state index in [1.165, 1.54) is 0 Å². The van der Waals surface area contributed by atoms with Crippen molar-refractivity contribution in [3.63, 3.8) is 0 Å². The first-order valence-corrected chi connectivity index (χ1v) is 6.49. The van der Waals surface area contributed by atoms with E-state index in [1.54, 1.807) is 17.5 Å². The molecule has 1 aliphatic heterocycles. The third-order valence-corrected chi connectivity index (χ3v) is 3.91. The summed E-state index contributed by atoms with van der Waals surface area (Å²) in [7, 11) is 0. The molecule has 0 aliphatic carbocycles. The number of aliphatic hydroxyl groups is 1. The van der Waals surface area contributed by atoms with Gasteiger partial charge in [0.05, 0.1) is 11.1 Å². The van der Waals surface area contributed by atoms with E-state index in [4.69, 9.17) is 4.74 Å². The SMILES string of the molecule is Cc1nc2c3c(cnc2s1)C(O)OC3C(C)C. The van der Waals surface area contributed by atoms with Gasteiger partial charge in [-0.3, -0.25) is 0 Å². The highest BCUT2D eigenvalue weighted by Gasteiger charge is 2.35. The Balaban J connectivity index is 2.29. The molecule has 17 heavy (non-hydrogen) atoms. The molecule has 3 rings (SSSR count). The van der Waals surface area contributed by atoms with Gasteiger partial charge in [0.1, 0.15) is 10.3 Å². The number of hydrogen-bond acceptors (Lipinski definition) is 5. The average Bonchev–Trinajstić information content (AvgIpc) is 2.78. The van der Waals surface area contributed by atoms with Crippen LogP contribution in [0.15, 0.2) is 6.20 Å². The monoisotopic (exact) mass is 250 g/mol. The summed E-state index contributed by atoms with van der Waals surface area (Å²) in [5, 5.41) is 10.9. The summed E-state index contributed by atoms with van der Waals surface area (Å²) in [5.74, 6) is 0.304. The molecule has 2 aromatic rings. The van der Waals surface area contributed by atoms with E-state index in [0.29, 0.717) is 5.92 Å². The van der Waals surface area contributed by atoms with Gasteiger partial charge in [0, 0.05) is 17.3 Å². The van der Waals surface area contributed by atoms with Crippen molar-refractivity contribution >= 4 is 21.7 Å². The Labute approximate surface area is 103 Å². The van der Waals surface area contributed by atoms with Gasteiger partial charge in [0.25, 0.3) is 0 Å². The number of aromatic nitrogens is 2. The average molecular weight is 250 g/mol. The van der Waals surface area contributed by atoms with Crippen LogP contribution in [0.3, 0.4) is 0 Å². The number of rotatable bonds is 1. The number of thiazole rings is 1. The number of fused-ring (bicyclic) bond motifs is 3. The van der Waals surface area contributed by atoms with Crippen LogP contribution < -0.4 is 0 Å². The molecule has 90 valence electrons. The van der Waals surface area contributed by atoms with E-state index in [1.807, 2.05) is 6.92 Å². The molecule has 0 fully saturated rings. The summed E-state index contributed by atoms with van der Waals surface area (Å²) < 4.78 is 5.59. The minimum absolute atomic E-state index is 0.0907. The van der Waals surface area contributed by atoms with E-state index >= 15 is 0 Å². The zero-order valence-electron chi connectivity index (χ0n) is 9.97. The third kappa shape index (κ3) is 1.57. The molecule has 3 heterocycles. The van der Waals surface area contributed by atoms with Crippen LogP contribution in [0.25, 0.3) is 10.3 Å². The number of nitrogens with zero attached hydrogens (tertiary/aromatic N) is 2. The van der Waals surface area contributed by atoms with Crippen LogP contribution in [0.2, 0.25) is 0 Å². The normalized spacial score (nSPS) is 23.6. The van der Waals surface area contributed by atoms with Crippen molar-refractivity contribution in [3.05, 3.63) is 22.3 Å². The molecular weight excluding hydrogens is 236 g/mol. The standard InChI is InChI=1S/C12H14N2O2S/c1-5(2)10-8-7(12(15)16-10)4-13-11-9(8)14-6(3)17-11/h4-5,10,12,15H,1-3H3. The highest BCUT2D eigenvalue weighted by atomic mass is 32.1. The van der Waals surface area contributed by atoms with E-state index in [2.05, 4.69) is 23.8 Å². The molecule has 0 saturated heterocycles. The molecule has 2 atom stereocenters. The van der Waals surface area contributed by atoms with Crippen LogP contribution >= 0.6 is 11.3 Å². The molecule has 4 nitrogen and oxygen atoms in total. The predicted molar refractivity (Wildman–Crippen MR) is 65.8 cm³/mol. The van der Waals surface area contributed by atoms with E-state index in [-0.39, 0.29) is 6.10 Å². The lowest BCUT2D eigenvalue weighted by Crippen LogP contribution is -2.06. The van der Waals surface area contributed by atoms with Crippen molar-refractivity contribution in [1.29, 1.82) is 0 Å². The fourth-order valence-electron chi connectivity index (χ4n) is 2.28. The fraction of sp³-hybridized carbons (Fsp3) is 0.500. The van der Waals surface area contributed by atoms with Crippen molar-refractivity contribution < 1.29 is 9.84 Å². The highest BCUT2D eigenvalue weighted by Crippen LogP contribution is 2.44. The topological polar surface area (TPSA) is 55.2 Å². The van der Waals surface area contributed by atoms with Gasteiger partial charge in [-0.15, -0.1) is 0 Å². The van der Waals surface area contributed by atoms with Gasteiger partial charge < -0.3 is 9.84 Å². The predicted octanol–water partition coefficient (Wildman–Crippen LogP) is 2.72. The van der Waals surface area contributed by atoms with Crippen LogP contribution in [-0.2, 0) is 4.74 Å². The molecule has 5 heteroatoms. The lowest BCUT2D eigenvalue weighted by molar-refractivity contribution is -0.132. The Bertz CT molecular complexity index is 579. The number of hydrogen-bond donors (Lipinski definition) is 1. The molecule has 1 N–H and O–H groups in total. The molecule has 0 aromatic carbocycles. The second-order valence-electron chi connectivity index (χ2n) is 4.67. The number of aryl methyl sites for hydroxylation is 1. The maximum absolute atomic E-state index is 9.88. The first-order chi connectivity index (χ1) is 8.08. The van der Waals surface area contributed by atoms with E-state index in [9.17, 15) is 5.11 Å². The second kappa shape index (κ2) is 3.73. The largest absolute Gasteiger partial charge is 0.364 e. The van der Waals surface area contributed by atoms with Crippen LogP contribution in [-0.4, -0.2) is 15.1 Å². The Morgan fingerprint density at radius 3 is 2.94 bits per heavy atom. The summed E-state index contributed by atoms with van der Waals surface area (Å²) in [4.78, 5) is 9.77. The summed E-state index contributed by atoms with van der Waals surface area (Å²) in [6, 6.07) is 0. The third-order valence-electron chi connectivity index (χ3n) is 3.03. The van der Waals surface area contributed by atoms with Gasteiger partial charge in [0.15, 0.2) is 6.29 Å². The van der Waals surface area contributed by atoms with E-state index < -0.39 is 6.29 Å². The molecule has 0 radical (unpaired) electrons. The van der Waals surface area contributed by atoms with Gasteiger partial charge in [-0.05, 0) is 12.8 Å². The van der Waals surface area contributed by atoms with Crippen molar-refractivity contribution in [1.82, 2.24) is 9.97 Å². The minimum atomic E-state index is -0.865. The number of pyridine rings is 1. The Kier molecular flexibility index (Phi) is 2.43. The summed E-state index contributed by atoms with van der Waals surface area (Å²) >= 11 is 1.57. The summed E-state index contributed by atoms with van der Waals surface area (Å²) in [5.41, 5.74) is 2.67. The Morgan fingerprint density at radius 1 is 1.47 bits per heavy atom. The summed E-state index contributed by atoms with van der Waals surface area (Å²) in [6.45, 7) is 6.13. The van der Waals surface area contributed by atoms with Crippen LogP contribution in [0.4, 0.5) is 0 Å². The maximum atomic E-state index is 9.88. The fourth-order valence-corrected chi connectivity index (χ4v) is 3.05. The zero-order chi connectivity index (χ0) is 12.2. The molecular formula is C12H14N2O2S. The molecule has 0 bridgehead atoms. The van der Waals surface area contributed by atoms with Gasteiger partial charge in [-0.1, -0.05) is 25.2 Å². The molecule has 1 aliphatic rings. The van der Waals surface area contributed by atoms with Crippen LogP contribution in [0, 0.1) is 12.8 Å². The van der Waals surface area contributed by atoms with E-state index in [0.717, 1.165) is 26.5 Å². The van der Waals surface area contributed by atoms with Crippen molar-refractivity contribution in [3.8, 4) is 0 Å². The first kappa shape index (κ1) is 11.1. The molecule has 0 amide bonds. The van der Waals surface area contributed by atoms with Crippen molar-refractivity contribution in [2.75, 3.05) is 0 Å². The van der Waals surface area contributed by atoms with Crippen molar-refractivity contribution in [2.45, 2.75) is 33.2 Å². The highest BCUT2D eigenvalue weighted by molar-refractivity contribution is 7.18. The van der Waals surface area contributed by atoms with Gasteiger partial charge in [-0.2, -0.15) is 0 Å². The smallest absolute Gasteiger partial charge is 0.183 e. The first-order valence-electron chi connectivity index (χ1n) is 5.67. The zero-order valence-corrected chi connectivity index (χ0v) is 10.8. The Hall–Kier alpha value is -1.04. The quantitative estimate of drug-likeness (QED) is 0.845. The van der Waals surface area contributed by atoms with Crippen molar-refractivity contribution in [2.24, 2.45) is 5.92 Å². The Morgan fingerprint density at radius 2 is 2.24 bits per heavy atom. The van der Waals surface area contributed by atoms with Gasteiger partial charge >= 0.3 is 0 Å². The second-order valence-corrected chi connectivity index (χ2v) is 5.85. The lowest BCUT2D eigenvalue weighted by Gasteiger charge is -2.15. The van der Waals surface area contributed by atoms with Gasteiger partial charge in [-0.25, -0.2) is 9.97 Å². The summed E-state index contributed by atoms with van der Waals surface area (Å²) in [6.07, 6.45) is 0.755. The lowest BCUT2D eigenvalue weighted by atomic mass is 9.97. The van der Waals surface area contributed by atoms with Gasteiger partial charge in [0.2, 0.25) is 0 Å². The molecule has 2 aromatic heterocycles. The van der Waals surface area contributed by atoms with Crippen LogP contribution in [0.1, 0.15) is 42.4 Å².